The van der Waals surface area contributed by atoms with E-state index >= 15 is 0 Å². The number of hydrogen-bond donors (Lipinski definition) is 0. The van der Waals surface area contributed by atoms with Crippen molar-refractivity contribution in [3.05, 3.63) is 34.9 Å². The third-order valence-electron chi connectivity index (χ3n) is 4.01. The molecule has 2 unspecified atom stereocenters. The first kappa shape index (κ1) is 13.2. The second-order valence-corrected chi connectivity index (χ2v) is 5.70. The van der Waals surface area contributed by atoms with Gasteiger partial charge in [-0.3, -0.25) is 4.79 Å². The number of hydrogen-bond acceptors (Lipinski definition) is 1. The van der Waals surface area contributed by atoms with Crippen molar-refractivity contribution >= 4 is 5.78 Å². The fourth-order valence-electron chi connectivity index (χ4n) is 3.19. The summed E-state index contributed by atoms with van der Waals surface area (Å²) in [4.78, 5) is 11.4. The Morgan fingerprint density at radius 3 is 2.61 bits per heavy atom. The number of fused-ring (bicyclic) bond motifs is 1. The van der Waals surface area contributed by atoms with Crippen molar-refractivity contribution in [2.45, 2.75) is 51.4 Å². The Balaban J connectivity index is 2.63. The molecule has 1 nitrogen and oxygen atoms in total. The summed E-state index contributed by atoms with van der Waals surface area (Å²) in [5, 5.41) is 0. The molecule has 0 saturated carbocycles. The minimum atomic E-state index is -0.570. The molecule has 1 aliphatic rings. The molecular weight excluding hydrogens is 234 g/mol. The van der Waals surface area contributed by atoms with Gasteiger partial charge in [0.25, 0.3) is 0 Å². The van der Waals surface area contributed by atoms with Crippen LogP contribution in [0, 0.1) is 11.6 Å². The SMILES string of the molecule is CC(=O)CC1(C)CCC(C)c2c(F)ccc(F)c21. The highest BCUT2D eigenvalue weighted by molar-refractivity contribution is 5.77. The van der Waals surface area contributed by atoms with E-state index in [4.69, 9.17) is 0 Å². The minimum absolute atomic E-state index is 0.00994. The van der Waals surface area contributed by atoms with Gasteiger partial charge in [-0.2, -0.15) is 0 Å². The van der Waals surface area contributed by atoms with E-state index in [1.807, 2.05) is 13.8 Å². The Labute approximate surface area is 106 Å². The van der Waals surface area contributed by atoms with Crippen molar-refractivity contribution < 1.29 is 13.6 Å². The van der Waals surface area contributed by atoms with Gasteiger partial charge in [0.2, 0.25) is 0 Å². The van der Waals surface area contributed by atoms with Crippen LogP contribution in [0.25, 0.3) is 0 Å². The van der Waals surface area contributed by atoms with Crippen LogP contribution in [-0.2, 0) is 10.2 Å². The van der Waals surface area contributed by atoms with Gasteiger partial charge in [0.1, 0.15) is 17.4 Å². The number of carbonyl (C=O) groups excluding carboxylic acids is 1. The molecule has 0 fully saturated rings. The van der Waals surface area contributed by atoms with E-state index in [-0.39, 0.29) is 29.8 Å². The first-order valence-electron chi connectivity index (χ1n) is 6.33. The Bertz CT molecular complexity index is 496. The Morgan fingerprint density at radius 2 is 2.00 bits per heavy atom. The maximum absolute atomic E-state index is 14.1. The molecule has 0 aromatic heterocycles. The van der Waals surface area contributed by atoms with Gasteiger partial charge in [0.15, 0.2) is 0 Å². The number of carbonyl (C=O) groups is 1. The molecule has 0 radical (unpaired) electrons. The molecule has 18 heavy (non-hydrogen) atoms. The molecule has 0 bridgehead atoms. The van der Waals surface area contributed by atoms with E-state index in [2.05, 4.69) is 0 Å². The van der Waals surface area contributed by atoms with Gasteiger partial charge in [-0.15, -0.1) is 0 Å². The number of benzene rings is 1. The van der Waals surface area contributed by atoms with Crippen molar-refractivity contribution in [3.8, 4) is 0 Å². The lowest BCUT2D eigenvalue weighted by molar-refractivity contribution is -0.118. The second-order valence-electron chi connectivity index (χ2n) is 5.70. The lowest BCUT2D eigenvalue weighted by atomic mass is 9.65. The van der Waals surface area contributed by atoms with E-state index in [0.29, 0.717) is 11.1 Å². The van der Waals surface area contributed by atoms with Crippen LogP contribution in [0.5, 0.6) is 0 Å². The molecule has 0 heterocycles. The van der Waals surface area contributed by atoms with Crippen LogP contribution < -0.4 is 0 Å². The van der Waals surface area contributed by atoms with E-state index in [1.165, 1.54) is 19.1 Å². The maximum atomic E-state index is 14.1. The Morgan fingerprint density at radius 1 is 1.39 bits per heavy atom. The quantitative estimate of drug-likeness (QED) is 0.774. The minimum Gasteiger partial charge on any atom is -0.300 e. The third-order valence-corrected chi connectivity index (χ3v) is 4.01. The summed E-state index contributed by atoms with van der Waals surface area (Å²) >= 11 is 0. The van der Waals surface area contributed by atoms with Crippen molar-refractivity contribution in [3.63, 3.8) is 0 Å². The first-order valence-corrected chi connectivity index (χ1v) is 6.33. The van der Waals surface area contributed by atoms with Gasteiger partial charge in [0, 0.05) is 17.4 Å². The van der Waals surface area contributed by atoms with Gasteiger partial charge in [-0.05, 0) is 43.4 Å². The molecule has 3 heteroatoms. The summed E-state index contributed by atoms with van der Waals surface area (Å²) in [5.41, 5.74) is 0.307. The summed E-state index contributed by atoms with van der Waals surface area (Å²) in [6.45, 7) is 5.27. The second kappa shape index (κ2) is 4.45. The summed E-state index contributed by atoms with van der Waals surface area (Å²) in [5.74, 6) is -0.715. The van der Waals surface area contributed by atoms with Crippen LogP contribution in [0.3, 0.4) is 0 Å². The summed E-state index contributed by atoms with van der Waals surface area (Å²) < 4.78 is 28.0. The number of ketones is 1. The summed E-state index contributed by atoms with van der Waals surface area (Å²) in [6.07, 6.45) is 1.78. The smallest absolute Gasteiger partial charge is 0.130 e. The predicted octanol–water partition coefficient (Wildman–Crippen LogP) is 4.10. The van der Waals surface area contributed by atoms with Gasteiger partial charge in [-0.1, -0.05) is 13.8 Å². The Hall–Kier alpha value is -1.25. The molecule has 1 aliphatic carbocycles. The maximum Gasteiger partial charge on any atom is 0.130 e. The molecule has 0 amide bonds. The van der Waals surface area contributed by atoms with Gasteiger partial charge >= 0.3 is 0 Å². The summed E-state index contributed by atoms with van der Waals surface area (Å²) in [7, 11) is 0. The number of Topliss-reactive ketones (excluding diaryl/α,β-unsaturated/α-hetero) is 1. The van der Waals surface area contributed by atoms with Crippen molar-refractivity contribution in [1.82, 2.24) is 0 Å². The van der Waals surface area contributed by atoms with Crippen molar-refractivity contribution in [2.24, 2.45) is 0 Å². The van der Waals surface area contributed by atoms with Crippen LogP contribution >= 0.6 is 0 Å². The van der Waals surface area contributed by atoms with E-state index in [1.54, 1.807) is 0 Å². The fourth-order valence-corrected chi connectivity index (χ4v) is 3.19. The standard InChI is InChI=1S/C15H18F2O/c1-9-6-7-15(3,8-10(2)18)14-12(17)5-4-11(16)13(9)14/h4-5,9H,6-8H2,1-3H3. The molecule has 0 aliphatic heterocycles. The van der Waals surface area contributed by atoms with Crippen LogP contribution in [0.1, 0.15) is 57.1 Å². The topological polar surface area (TPSA) is 17.1 Å². The predicted molar refractivity (Wildman–Crippen MR) is 66.7 cm³/mol. The monoisotopic (exact) mass is 252 g/mol. The fraction of sp³-hybridized carbons (Fsp3) is 0.533. The molecule has 0 N–H and O–H groups in total. The zero-order valence-electron chi connectivity index (χ0n) is 11.0. The average Bonchev–Trinajstić information content (AvgIpc) is 2.26. The molecule has 1 aromatic carbocycles. The van der Waals surface area contributed by atoms with Crippen LogP contribution in [0.15, 0.2) is 12.1 Å². The third kappa shape index (κ3) is 2.06. The van der Waals surface area contributed by atoms with Gasteiger partial charge < -0.3 is 0 Å². The average molecular weight is 252 g/mol. The first-order chi connectivity index (χ1) is 8.35. The van der Waals surface area contributed by atoms with E-state index in [9.17, 15) is 13.6 Å². The number of halogens is 2. The largest absolute Gasteiger partial charge is 0.300 e. The van der Waals surface area contributed by atoms with Crippen molar-refractivity contribution in [2.75, 3.05) is 0 Å². The van der Waals surface area contributed by atoms with E-state index in [0.717, 1.165) is 12.8 Å². The Kier molecular flexibility index (Phi) is 3.26. The van der Waals surface area contributed by atoms with Crippen LogP contribution in [-0.4, -0.2) is 5.78 Å². The molecular formula is C15H18F2O. The molecule has 0 spiro atoms. The highest BCUT2D eigenvalue weighted by Crippen LogP contribution is 2.46. The molecule has 0 saturated heterocycles. The zero-order valence-corrected chi connectivity index (χ0v) is 11.0. The highest BCUT2D eigenvalue weighted by atomic mass is 19.1. The van der Waals surface area contributed by atoms with Crippen LogP contribution in [0.2, 0.25) is 0 Å². The lowest BCUT2D eigenvalue weighted by Crippen LogP contribution is -2.33. The zero-order chi connectivity index (χ0) is 13.5. The van der Waals surface area contributed by atoms with Crippen LogP contribution in [0.4, 0.5) is 8.78 Å². The van der Waals surface area contributed by atoms with E-state index < -0.39 is 5.41 Å². The molecule has 1 aromatic rings. The van der Waals surface area contributed by atoms with Gasteiger partial charge in [-0.25, -0.2) is 8.78 Å². The van der Waals surface area contributed by atoms with Crippen molar-refractivity contribution in [1.29, 1.82) is 0 Å². The van der Waals surface area contributed by atoms with Gasteiger partial charge in [0.05, 0.1) is 0 Å². The molecule has 2 rings (SSSR count). The molecule has 2 atom stereocenters. The normalized spacial score (nSPS) is 26.8. The lowest BCUT2D eigenvalue weighted by Gasteiger charge is -2.38. The molecule has 98 valence electrons. The highest BCUT2D eigenvalue weighted by Gasteiger charge is 2.39. The summed E-state index contributed by atoms with van der Waals surface area (Å²) in [6, 6.07) is 2.36. The number of rotatable bonds is 2.